The summed E-state index contributed by atoms with van der Waals surface area (Å²) in [4.78, 5) is 23.5. The molecule has 3 N–H and O–H groups in total. The minimum Gasteiger partial charge on any atom is -0.391 e. The van der Waals surface area contributed by atoms with Crippen molar-refractivity contribution in [2.24, 2.45) is 0 Å². The molecule has 130 valence electrons. The fourth-order valence-corrected chi connectivity index (χ4v) is 2.33. The van der Waals surface area contributed by atoms with Crippen LogP contribution in [0.25, 0.3) is 0 Å². The maximum Gasteiger partial charge on any atom is 0.255 e. The van der Waals surface area contributed by atoms with Gasteiger partial charge in [-0.2, -0.15) is 0 Å². The minimum absolute atomic E-state index is 0.171. The summed E-state index contributed by atoms with van der Waals surface area (Å²) < 4.78 is 0. The van der Waals surface area contributed by atoms with Gasteiger partial charge in [0.25, 0.3) is 11.8 Å². The summed E-state index contributed by atoms with van der Waals surface area (Å²) in [5.74, 6) is -1.59. The zero-order valence-electron chi connectivity index (χ0n) is 13.7. The topological polar surface area (TPSA) is 98.1 Å². The Labute approximate surface area is 133 Å². The summed E-state index contributed by atoms with van der Waals surface area (Å²) in [7, 11) is 0. The van der Waals surface area contributed by atoms with Crippen LogP contribution in [-0.2, 0) is 9.59 Å². The van der Waals surface area contributed by atoms with Gasteiger partial charge in [-0.3, -0.25) is 14.5 Å². The molecule has 0 aliphatic carbocycles. The van der Waals surface area contributed by atoms with E-state index in [9.17, 15) is 14.7 Å². The van der Waals surface area contributed by atoms with Crippen LogP contribution in [0.15, 0.2) is 0 Å². The molecule has 0 saturated heterocycles. The van der Waals surface area contributed by atoms with E-state index in [-0.39, 0.29) is 6.54 Å². The van der Waals surface area contributed by atoms with Crippen LogP contribution in [0.3, 0.4) is 0 Å². The van der Waals surface area contributed by atoms with E-state index in [2.05, 4.69) is 6.92 Å². The third kappa shape index (κ3) is 9.87. The van der Waals surface area contributed by atoms with Crippen LogP contribution in [-0.4, -0.2) is 57.9 Å². The molecule has 0 fully saturated rings. The molecule has 1 atom stereocenters. The van der Waals surface area contributed by atoms with Crippen molar-refractivity contribution in [3.63, 3.8) is 0 Å². The summed E-state index contributed by atoms with van der Waals surface area (Å²) in [6.07, 6.45) is 8.93. The van der Waals surface area contributed by atoms with E-state index in [1.165, 1.54) is 32.1 Å². The molecule has 0 heterocycles. The molecule has 22 heavy (non-hydrogen) atoms. The Hall–Kier alpha value is -0.980. The van der Waals surface area contributed by atoms with Gasteiger partial charge in [-0.1, -0.05) is 58.3 Å². The Bertz CT molecular complexity index is 293. The van der Waals surface area contributed by atoms with Crippen molar-refractivity contribution in [3.8, 4) is 0 Å². The van der Waals surface area contributed by atoms with Crippen molar-refractivity contribution in [2.45, 2.75) is 70.8 Å². The molecule has 0 radical (unpaired) electrons. The van der Waals surface area contributed by atoms with Gasteiger partial charge < -0.3 is 15.3 Å². The number of amides is 2. The molecule has 0 spiro atoms. The Balaban J connectivity index is 3.83. The minimum atomic E-state index is -0.814. The molecule has 6 nitrogen and oxygen atoms in total. The van der Waals surface area contributed by atoms with E-state index in [1.54, 1.807) is 0 Å². The van der Waals surface area contributed by atoms with Crippen molar-refractivity contribution in [1.29, 1.82) is 0 Å². The maximum atomic E-state index is 11.4. The second-order valence-corrected chi connectivity index (χ2v) is 5.63. The van der Waals surface area contributed by atoms with Crippen molar-refractivity contribution >= 4 is 11.8 Å². The number of hydrogen-bond donors (Lipinski definition) is 3. The lowest BCUT2D eigenvalue weighted by molar-refractivity contribution is -0.150. The average Bonchev–Trinajstić information content (AvgIpc) is 2.53. The lowest BCUT2D eigenvalue weighted by atomic mass is 10.1. The van der Waals surface area contributed by atoms with E-state index in [4.69, 9.17) is 10.2 Å². The summed E-state index contributed by atoms with van der Waals surface area (Å²) in [6, 6.07) is 0. The number of imide groups is 1. The van der Waals surface area contributed by atoms with Crippen molar-refractivity contribution < 1.29 is 24.9 Å². The zero-order valence-corrected chi connectivity index (χ0v) is 13.7. The average molecular weight is 317 g/mol. The van der Waals surface area contributed by atoms with Gasteiger partial charge in [0.15, 0.2) is 0 Å². The molecular formula is C16H31NO5. The van der Waals surface area contributed by atoms with Gasteiger partial charge in [0.2, 0.25) is 0 Å². The molecule has 0 aliphatic heterocycles. The Kier molecular flexibility index (Phi) is 13.1. The van der Waals surface area contributed by atoms with Crippen molar-refractivity contribution in [2.75, 3.05) is 19.8 Å². The standard InChI is InChI=1S/C16H31NO5/c1-2-3-4-5-6-7-8-9-10-14(20)11-17(15(21)12-18)16(22)13-19/h14,18-20H,2-13H2,1H3. The Morgan fingerprint density at radius 1 is 0.864 bits per heavy atom. The highest BCUT2D eigenvalue weighted by molar-refractivity contribution is 5.96. The van der Waals surface area contributed by atoms with Gasteiger partial charge in [0, 0.05) is 0 Å². The normalized spacial score (nSPS) is 12.2. The molecule has 0 aromatic carbocycles. The number of nitrogens with zero attached hydrogens (tertiary/aromatic N) is 1. The molecule has 0 saturated carbocycles. The molecule has 0 aliphatic rings. The summed E-state index contributed by atoms with van der Waals surface area (Å²) in [5, 5.41) is 27.5. The Morgan fingerprint density at radius 3 is 1.77 bits per heavy atom. The van der Waals surface area contributed by atoms with Crippen LogP contribution in [0.5, 0.6) is 0 Å². The van der Waals surface area contributed by atoms with Crippen molar-refractivity contribution in [1.82, 2.24) is 4.90 Å². The highest BCUT2D eigenvalue weighted by Crippen LogP contribution is 2.11. The molecule has 6 heteroatoms. The predicted molar refractivity (Wildman–Crippen MR) is 84.1 cm³/mol. The molecular weight excluding hydrogens is 286 g/mol. The fourth-order valence-electron chi connectivity index (χ4n) is 2.33. The first-order valence-corrected chi connectivity index (χ1v) is 8.29. The SMILES string of the molecule is CCCCCCCCCCC(O)CN(C(=O)CO)C(=O)CO. The lowest BCUT2D eigenvalue weighted by Crippen LogP contribution is -2.44. The lowest BCUT2D eigenvalue weighted by Gasteiger charge is -2.22. The summed E-state index contributed by atoms with van der Waals surface area (Å²) in [6.45, 7) is 0.398. The highest BCUT2D eigenvalue weighted by Gasteiger charge is 2.22. The molecule has 0 aromatic rings. The molecule has 0 bridgehead atoms. The van der Waals surface area contributed by atoms with E-state index in [0.717, 1.165) is 24.2 Å². The molecule has 1 unspecified atom stereocenters. The summed E-state index contributed by atoms with van der Waals surface area (Å²) >= 11 is 0. The maximum absolute atomic E-state index is 11.4. The third-order valence-electron chi connectivity index (χ3n) is 3.66. The second-order valence-electron chi connectivity index (χ2n) is 5.63. The fraction of sp³-hybridized carbons (Fsp3) is 0.875. The second kappa shape index (κ2) is 13.7. The van der Waals surface area contributed by atoms with E-state index < -0.39 is 31.1 Å². The number of carbonyl (C=O) groups excluding carboxylic acids is 2. The van der Waals surface area contributed by atoms with Crippen LogP contribution in [0, 0.1) is 0 Å². The van der Waals surface area contributed by atoms with E-state index in [1.807, 2.05) is 0 Å². The van der Waals surface area contributed by atoms with Crippen LogP contribution >= 0.6 is 0 Å². The highest BCUT2D eigenvalue weighted by atomic mass is 16.3. The van der Waals surface area contributed by atoms with Crippen molar-refractivity contribution in [3.05, 3.63) is 0 Å². The quantitative estimate of drug-likeness (QED) is 0.444. The monoisotopic (exact) mass is 317 g/mol. The van der Waals surface area contributed by atoms with Crippen LogP contribution in [0.2, 0.25) is 0 Å². The molecule has 0 aromatic heterocycles. The van der Waals surface area contributed by atoms with Gasteiger partial charge in [0.1, 0.15) is 13.2 Å². The first kappa shape index (κ1) is 21.0. The summed E-state index contributed by atoms with van der Waals surface area (Å²) in [5.41, 5.74) is 0. The largest absolute Gasteiger partial charge is 0.391 e. The molecule has 2 amide bonds. The van der Waals surface area contributed by atoms with Gasteiger partial charge in [-0.15, -0.1) is 0 Å². The zero-order chi connectivity index (χ0) is 16.8. The van der Waals surface area contributed by atoms with E-state index >= 15 is 0 Å². The number of carbonyl (C=O) groups is 2. The Morgan fingerprint density at radius 2 is 1.32 bits per heavy atom. The van der Waals surface area contributed by atoms with Gasteiger partial charge >= 0.3 is 0 Å². The number of hydrogen-bond acceptors (Lipinski definition) is 5. The molecule has 0 rings (SSSR count). The number of aliphatic hydroxyl groups is 3. The van der Waals surface area contributed by atoms with Crippen LogP contribution < -0.4 is 0 Å². The van der Waals surface area contributed by atoms with Gasteiger partial charge in [0.05, 0.1) is 12.6 Å². The van der Waals surface area contributed by atoms with Gasteiger partial charge in [-0.05, 0) is 6.42 Å². The number of aliphatic hydroxyl groups excluding tert-OH is 3. The van der Waals surface area contributed by atoms with Gasteiger partial charge in [-0.25, -0.2) is 0 Å². The number of unbranched alkanes of at least 4 members (excludes halogenated alkanes) is 7. The smallest absolute Gasteiger partial charge is 0.255 e. The van der Waals surface area contributed by atoms with Crippen LogP contribution in [0.4, 0.5) is 0 Å². The van der Waals surface area contributed by atoms with Crippen LogP contribution in [0.1, 0.15) is 64.7 Å². The first-order chi connectivity index (χ1) is 10.6. The third-order valence-corrected chi connectivity index (χ3v) is 3.66. The predicted octanol–water partition coefficient (Wildman–Crippen LogP) is 1.22. The first-order valence-electron chi connectivity index (χ1n) is 8.29. The number of rotatable bonds is 13. The van der Waals surface area contributed by atoms with E-state index in [0.29, 0.717) is 6.42 Å².